The molecule has 0 saturated carbocycles. The van der Waals surface area contributed by atoms with Crippen molar-refractivity contribution in [3.05, 3.63) is 30.0 Å². The molecule has 0 fully saturated rings. The van der Waals surface area contributed by atoms with E-state index < -0.39 is 0 Å². The van der Waals surface area contributed by atoms with Gasteiger partial charge in [-0.3, -0.25) is 4.79 Å². The molecule has 0 aliphatic rings. The monoisotopic (exact) mass is 231 g/mol. The van der Waals surface area contributed by atoms with Crippen molar-refractivity contribution in [2.45, 2.75) is 19.8 Å². The Morgan fingerprint density at radius 2 is 2.18 bits per heavy atom. The van der Waals surface area contributed by atoms with Crippen LogP contribution >= 0.6 is 0 Å². The third kappa shape index (κ3) is 2.47. The van der Waals surface area contributed by atoms with Gasteiger partial charge in [0.25, 0.3) is 0 Å². The number of rotatable bonds is 4. The van der Waals surface area contributed by atoms with Crippen molar-refractivity contribution in [1.82, 2.24) is 4.98 Å². The van der Waals surface area contributed by atoms with Crippen LogP contribution in [0.1, 0.15) is 18.5 Å². The normalized spacial score (nSPS) is 10.7. The molecule has 17 heavy (non-hydrogen) atoms. The van der Waals surface area contributed by atoms with Crippen LogP contribution in [0.15, 0.2) is 24.3 Å². The van der Waals surface area contributed by atoms with Crippen molar-refractivity contribution >= 4 is 22.5 Å². The van der Waals surface area contributed by atoms with Crippen LogP contribution in [0, 0.1) is 6.92 Å². The summed E-state index contributed by atoms with van der Waals surface area (Å²) in [4.78, 5) is 14.9. The number of aromatic nitrogens is 1. The fourth-order valence-electron chi connectivity index (χ4n) is 1.90. The van der Waals surface area contributed by atoms with Gasteiger partial charge in [-0.2, -0.15) is 0 Å². The zero-order chi connectivity index (χ0) is 12.3. The van der Waals surface area contributed by atoms with E-state index in [1.165, 1.54) is 0 Å². The minimum atomic E-state index is 0.0169. The van der Waals surface area contributed by atoms with E-state index in [-0.39, 0.29) is 5.91 Å². The number of carbonyl (C=O) groups excluding carboxylic acids is 1. The Hall–Kier alpha value is -1.81. The van der Waals surface area contributed by atoms with Crippen LogP contribution in [-0.2, 0) is 4.79 Å². The summed E-state index contributed by atoms with van der Waals surface area (Å²) in [6.45, 7) is 2.50. The van der Waals surface area contributed by atoms with Gasteiger partial charge in [0, 0.05) is 23.0 Å². The molecule has 0 bridgehead atoms. The molecule has 4 nitrogen and oxygen atoms in total. The summed E-state index contributed by atoms with van der Waals surface area (Å²) in [7, 11) is 0. The van der Waals surface area contributed by atoms with E-state index >= 15 is 0 Å². The standard InChI is InChI=1S/C13H17N3O/c1-9-13(16-12(17)7-4-8-14)10-5-2-3-6-11(10)15-9/h2-3,5-6,15H,4,7-8,14H2,1H3,(H,16,17). The lowest BCUT2D eigenvalue weighted by Crippen LogP contribution is -2.13. The van der Waals surface area contributed by atoms with Gasteiger partial charge in [-0.1, -0.05) is 18.2 Å². The lowest BCUT2D eigenvalue weighted by atomic mass is 10.2. The smallest absolute Gasteiger partial charge is 0.224 e. The highest BCUT2D eigenvalue weighted by atomic mass is 16.1. The Bertz CT molecular complexity index is 530. The number of nitrogens with two attached hydrogens (primary N) is 1. The molecule has 4 heteroatoms. The molecular formula is C13H17N3O. The molecule has 0 saturated heterocycles. The number of aromatic amines is 1. The SMILES string of the molecule is Cc1[nH]c2ccccc2c1NC(=O)CCCN. The number of para-hydroxylation sites is 1. The maximum atomic E-state index is 11.7. The molecule has 0 aliphatic heterocycles. The molecule has 1 amide bonds. The summed E-state index contributed by atoms with van der Waals surface area (Å²) >= 11 is 0. The predicted octanol–water partition coefficient (Wildman–Crippen LogP) is 2.15. The highest BCUT2D eigenvalue weighted by molar-refractivity contribution is 6.02. The van der Waals surface area contributed by atoms with Crippen molar-refractivity contribution in [1.29, 1.82) is 0 Å². The average Bonchev–Trinajstić information content (AvgIpc) is 2.64. The molecule has 2 aromatic rings. The summed E-state index contributed by atoms with van der Waals surface area (Å²) in [5.74, 6) is 0.0169. The average molecular weight is 231 g/mol. The molecule has 2 rings (SSSR count). The lowest BCUT2D eigenvalue weighted by Gasteiger charge is -2.04. The fraction of sp³-hybridized carbons (Fsp3) is 0.308. The maximum Gasteiger partial charge on any atom is 0.224 e. The number of fused-ring (bicyclic) bond motifs is 1. The van der Waals surface area contributed by atoms with Gasteiger partial charge in [0.1, 0.15) is 0 Å². The van der Waals surface area contributed by atoms with Crippen molar-refractivity contribution in [3.63, 3.8) is 0 Å². The van der Waals surface area contributed by atoms with E-state index in [2.05, 4.69) is 10.3 Å². The van der Waals surface area contributed by atoms with E-state index in [0.29, 0.717) is 19.4 Å². The molecule has 90 valence electrons. The molecule has 0 spiro atoms. The minimum absolute atomic E-state index is 0.0169. The Kier molecular flexibility index (Phi) is 3.44. The molecular weight excluding hydrogens is 214 g/mol. The van der Waals surface area contributed by atoms with Crippen LogP contribution in [0.2, 0.25) is 0 Å². The summed E-state index contributed by atoms with van der Waals surface area (Å²) in [6.07, 6.45) is 1.18. The van der Waals surface area contributed by atoms with E-state index in [1.807, 2.05) is 31.2 Å². The third-order valence-electron chi connectivity index (χ3n) is 2.77. The van der Waals surface area contributed by atoms with E-state index in [9.17, 15) is 4.79 Å². The van der Waals surface area contributed by atoms with E-state index in [1.54, 1.807) is 0 Å². The van der Waals surface area contributed by atoms with Gasteiger partial charge in [-0.05, 0) is 26.0 Å². The van der Waals surface area contributed by atoms with E-state index in [4.69, 9.17) is 5.73 Å². The first-order chi connectivity index (χ1) is 8.22. The number of H-pyrrole nitrogens is 1. The molecule has 1 heterocycles. The molecule has 1 aromatic heterocycles. The second kappa shape index (κ2) is 5.01. The number of amides is 1. The van der Waals surface area contributed by atoms with Gasteiger partial charge in [-0.15, -0.1) is 0 Å². The summed E-state index contributed by atoms with van der Waals surface area (Å²) in [5, 5.41) is 3.99. The number of hydrogen-bond acceptors (Lipinski definition) is 2. The maximum absolute atomic E-state index is 11.7. The van der Waals surface area contributed by atoms with Gasteiger partial charge in [0.05, 0.1) is 5.69 Å². The minimum Gasteiger partial charge on any atom is -0.357 e. The summed E-state index contributed by atoms with van der Waals surface area (Å²) in [5.41, 5.74) is 8.28. The van der Waals surface area contributed by atoms with Crippen LogP contribution < -0.4 is 11.1 Å². The van der Waals surface area contributed by atoms with Gasteiger partial charge in [0.15, 0.2) is 0 Å². The second-order valence-corrected chi connectivity index (χ2v) is 4.11. The Labute approximate surface area is 100 Å². The molecule has 1 aromatic carbocycles. The van der Waals surface area contributed by atoms with Crippen molar-refractivity contribution in [3.8, 4) is 0 Å². The first-order valence-electron chi connectivity index (χ1n) is 5.79. The Balaban J connectivity index is 2.23. The number of aryl methyl sites for hydroxylation is 1. The van der Waals surface area contributed by atoms with Crippen LogP contribution in [-0.4, -0.2) is 17.4 Å². The first-order valence-corrected chi connectivity index (χ1v) is 5.79. The van der Waals surface area contributed by atoms with Crippen LogP contribution in [0.25, 0.3) is 10.9 Å². The number of anilines is 1. The lowest BCUT2D eigenvalue weighted by molar-refractivity contribution is -0.116. The van der Waals surface area contributed by atoms with Crippen LogP contribution in [0.4, 0.5) is 5.69 Å². The van der Waals surface area contributed by atoms with Gasteiger partial charge >= 0.3 is 0 Å². The van der Waals surface area contributed by atoms with Gasteiger partial charge in [-0.25, -0.2) is 0 Å². The van der Waals surface area contributed by atoms with Crippen molar-refractivity contribution in [2.24, 2.45) is 5.73 Å². The zero-order valence-electron chi connectivity index (χ0n) is 9.92. The van der Waals surface area contributed by atoms with Crippen molar-refractivity contribution < 1.29 is 4.79 Å². The highest BCUT2D eigenvalue weighted by Crippen LogP contribution is 2.26. The first kappa shape index (κ1) is 11.7. The van der Waals surface area contributed by atoms with Crippen LogP contribution in [0.3, 0.4) is 0 Å². The largest absolute Gasteiger partial charge is 0.357 e. The predicted molar refractivity (Wildman–Crippen MR) is 70.0 cm³/mol. The highest BCUT2D eigenvalue weighted by Gasteiger charge is 2.10. The second-order valence-electron chi connectivity index (χ2n) is 4.11. The topological polar surface area (TPSA) is 70.9 Å². The zero-order valence-corrected chi connectivity index (χ0v) is 9.92. The number of nitrogens with one attached hydrogen (secondary N) is 2. The summed E-state index contributed by atoms with van der Waals surface area (Å²) in [6, 6.07) is 7.93. The molecule has 0 unspecified atom stereocenters. The molecule has 4 N–H and O–H groups in total. The number of carbonyl (C=O) groups is 1. The van der Waals surface area contributed by atoms with Gasteiger partial charge < -0.3 is 16.0 Å². The third-order valence-corrected chi connectivity index (χ3v) is 2.77. The van der Waals surface area contributed by atoms with Crippen molar-refractivity contribution in [2.75, 3.05) is 11.9 Å². The fourth-order valence-corrected chi connectivity index (χ4v) is 1.90. The van der Waals surface area contributed by atoms with Crippen LogP contribution in [0.5, 0.6) is 0 Å². The number of benzene rings is 1. The van der Waals surface area contributed by atoms with Gasteiger partial charge in [0.2, 0.25) is 5.91 Å². The number of hydrogen-bond donors (Lipinski definition) is 3. The molecule has 0 atom stereocenters. The summed E-state index contributed by atoms with van der Waals surface area (Å²) < 4.78 is 0. The van der Waals surface area contributed by atoms with E-state index in [0.717, 1.165) is 22.3 Å². The Morgan fingerprint density at radius 3 is 2.94 bits per heavy atom. The quantitative estimate of drug-likeness (QED) is 0.754. The molecule has 0 radical (unpaired) electrons. The molecule has 0 aliphatic carbocycles. The Morgan fingerprint density at radius 1 is 1.41 bits per heavy atom.